The van der Waals surface area contributed by atoms with Crippen LogP contribution in [0.4, 0.5) is 4.79 Å². The van der Waals surface area contributed by atoms with Gasteiger partial charge in [-0.2, -0.15) is 0 Å². The van der Waals surface area contributed by atoms with Gasteiger partial charge in [-0.15, -0.1) is 0 Å². The van der Waals surface area contributed by atoms with E-state index in [0.717, 1.165) is 22.3 Å². The zero-order valence-electron chi connectivity index (χ0n) is 13.7. The highest BCUT2D eigenvalue weighted by Gasteiger charge is 2.33. The van der Waals surface area contributed by atoms with Gasteiger partial charge in [0.2, 0.25) is 0 Å². The van der Waals surface area contributed by atoms with Gasteiger partial charge in [0, 0.05) is 18.2 Å². The van der Waals surface area contributed by atoms with Crippen molar-refractivity contribution < 1.29 is 19.7 Å². The Hall–Kier alpha value is -2.37. The Bertz CT molecular complexity index is 698. The Morgan fingerprint density at radius 2 is 1.62 bits per heavy atom. The normalized spacial score (nSPS) is 15.3. The van der Waals surface area contributed by atoms with Crippen molar-refractivity contribution in [2.24, 2.45) is 0 Å². The third-order valence-corrected chi connectivity index (χ3v) is 4.52. The van der Waals surface area contributed by atoms with Gasteiger partial charge in [0.1, 0.15) is 0 Å². The number of carbonyl (C=O) groups is 1. The lowest BCUT2D eigenvalue weighted by Gasteiger charge is -2.29. The smallest absolute Gasteiger partial charge is 0.410 e. The third kappa shape index (κ3) is 2.77. The standard InChI is InChI=1S/C19H21NO4/c1-12(22)17(11-21)20(2)19(23)24-18-15-9-5-3-7-13(15)14-8-4-6-10-16(14)18/h3-10,12,17-18,21-22H,11H2,1-2H3. The van der Waals surface area contributed by atoms with Crippen LogP contribution in [0, 0.1) is 0 Å². The lowest BCUT2D eigenvalue weighted by atomic mass is 10.1. The highest BCUT2D eigenvalue weighted by molar-refractivity contribution is 5.79. The van der Waals surface area contributed by atoms with Crippen LogP contribution >= 0.6 is 0 Å². The fourth-order valence-electron chi connectivity index (χ4n) is 3.15. The molecule has 2 aromatic rings. The zero-order valence-corrected chi connectivity index (χ0v) is 13.7. The van der Waals surface area contributed by atoms with E-state index in [1.165, 1.54) is 18.9 Å². The van der Waals surface area contributed by atoms with Gasteiger partial charge in [0.25, 0.3) is 0 Å². The Morgan fingerprint density at radius 3 is 2.08 bits per heavy atom. The molecule has 2 unspecified atom stereocenters. The second-order valence-electron chi connectivity index (χ2n) is 6.04. The maximum atomic E-state index is 12.5. The summed E-state index contributed by atoms with van der Waals surface area (Å²) in [6.45, 7) is 1.20. The van der Waals surface area contributed by atoms with Gasteiger partial charge in [-0.05, 0) is 18.1 Å². The average Bonchev–Trinajstić information content (AvgIpc) is 2.90. The average molecular weight is 327 g/mol. The molecule has 0 fully saturated rings. The molecule has 2 atom stereocenters. The van der Waals surface area contributed by atoms with E-state index in [9.17, 15) is 15.0 Å². The van der Waals surface area contributed by atoms with Crippen LogP contribution in [0.3, 0.4) is 0 Å². The van der Waals surface area contributed by atoms with Crippen molar-refractivity contribution in [3.63, 3.8) is 0 Å². The fraction of sp³-hybridized carbons (Fsp3) is 0.316. The van der Waals surface area contributed by atoms with Crippen molar-refractivity contribution >= 4 is 6.09 Å². The summed E-state index contributed by atoms with van der Waals surface area (Å²) >= 11 is 0. The number of fused-ring (bicyclic) bond motifs is 3. The molecule has 0 bridgehead atoms. The van der Waals surface area contributed by atoms with Crippen LogP contribution in [0.25, 0.3) is 11.1 Å². The molecule has 0 radical (unpaired) electrons. The molecule has 24 heavy (non-hydrogen) atoms. The number of aliphatic hydroxyl groups is 2. The summed E-state index contributed by atoms with van der Waals surface area (Å²) < 4.78 is 5.72. The van der Waals surface area contributed by atoms with Gasteiger partial charge < -0.3 is 19.8 Å². The molecule has 5 nitrogen and oxygen atoms in total. The van der Waals surface area contributed by atoms with E-state index in [0.29, 0.717) is 0 Å². The highest BCUT2D eigenvalue weighted by Crippen LogP contribution is 2.45. The van der Waals surface area contributed by atoms with Crippen molar-refractivity contribution in [3.8, 4) is 11.1 Å². The number of nitrogens with zero attached hydrogens (tertiary/aromatic N) is 1. The molecule has 0 saturated heterocycles. The van der Waals surface area contributed by atoms with Gasteiger partial charge >= 0.3 is 6.09 Å². The number of carbonyl (C=O) groups excluding carboxylic acids is 1. The van der Waals surface area contributed by atoms with Crippen LogP contribution in [0.5, 0.6) is 0 Å². The summed E-state index contributed by atoms with van der Waals surface area (Å²) in [5.41, 5.74) is 4.00. The molecule has 1 aliphatic rings. The highest BCUT2D eigenvalue weighted by atomic mass is 16.6. The van der Waals surface area contributed by atoms with E-state index in [1.54, 1.807) is 0 Å². The summed E-state index contributed by atoms with van der Waals surface area (Å²) in [4.78, 5) is 13.7. The van der Waals surface area contributed by atoms with E-state index in [4.69, 9.17) is 4.74 Å². The molecule has 2 aromatic carbocycles. The maximum Gasteiger partial charge on any atom is 0.410 e. The van der Waals surface area contributed by atoms with Crippen LogP contribution in [0.1, 0.15) is 24.2 Å². The molecule has 2 N–H and O–H groups in total. The van der Waals surface area contributed by atoms with E-state index in [1.807, 2.05) is 48.5 Å². The number of likely N-dealkylation sites (N-methyl/N-ethyl adjacent to an activating group) is 1. The largest absolute Gasteiger partial charge is 0.436 e. The van der Waals surface area contributed by atoms with Crippen molar-refractivity contribution in [2.45, 2.75) is 25.2 Å². The first-order valence-corrected chi connectivity index (χ1v) is 7.95. The van der Waals surface area contributed by atoms with E-state index in [2.05, 4.69) is 0 Å². The SMILES string of the molecule is CC(O)C(CO)N(C)C(=O)OC1c2ccccc2-c2ccccc21. The van der Waals surface area contributed by atoms with E-state index >= 15 is 0 Å². The van der Waals surface area contributed by atoms with Gasteiger partial charge in [-0.25, -0.2) is 4.79 Å². The topological polar surface area (TPSA) is 70.0 Å². The minimum absolute atomic E-state index is 0.332. The Morgan fingerprint density at radius 1 is 1.12 bits per heavy atom. The first-order chi connectivity index (χ1) is 11.5. The number of amides is 1. The molecule has 126 valence electrons. The summed E-state index contributed by atoms with van der Waals surface area (Å²) in [5.74, 6) is 0. The number of hydrogen-bond donors (Lipinski definition) is 2. The quantitative estimate of drug-likeness (QED) is 0.905. The number of benzene rings is 2. The fourth-order valence-corrected chi connectivity index (χ4v) is 3.15. The predicted octanol–water partition coefficient (Wildman–Crippen LogP) is 2.57. The van der Waals surface area contributed by atoms with E-state index in [-0.39, 0.29) is 6.61 Å². The van der Waals surface area contributed by atoms with Crippen molar-refractivity contribution in [2.75, 3.05) is 13.7 Å². The monoisotopic (exact) mass is 327 g/mol. The Labute approximate surface area is 141 Å². The molecule has 1 aliphatic carbocycles. The number of rotatable bonds is 4. The molecule has 3 rings (SSSR count). The molecule has 1 amide bonds. The third-order valence-electron chi connectivity index (χ3n) is 4.52. The molecule has 0 heterocycles. The lowest BCUT2D eigenvalue weighted by Crippen LogP contribution is -2.46. The minimum Gasteiger partial charge on any atom is -0.436 e. The zero-order chi connectivity index (χ0) is 17.3. The van der Waals surface area contributed by atoms with Gasteiger partial charge in [0.05, 0.1) is 18.8 Å². The summed E-state index contributed by atoms with van der Waals surface area (Å²) in [5, 5.41) is 19.1. The summed E-state index contributed by atoms with van der Waals surface area (Å²) in [7, 11) is 1.52. The predicted molar refractivity (Wildman–Crippen MR) is 90.5 cm³/mol. The molecular weight excluding hydrogens is 306 g/mol. The van der Waals surface area contributed by atoms with Gasteiger partial charge in [-0.3, -0.25) is 0 Å². The van der Waals surface area contributed by atoms with E-state index < -0.39 is 24.3 Å². The maximum absolute atomic E-state index is 12.5. The molecule has 0 aliphatic heterocycles. The number of hydrogen-bond acceptors (Lipinski definition) is 4. The lowest BCUT2D eigenvalue weighted by molar-refractivity contribution is 0.0191. The molecule has 5 heteroatoms. The van der Waals surface area contributed by atoms with Crippen LogP contribution < -0.4 is 0 Å². The molecule has 0 aromatic heterocycles. The minimum atomic E-state index is -0.851. The second kappa shape index (κ2) is 6.63. The van der Waals surface area contributed by atoms with Gasteiger partial charge in [0.15, 0.2) is 6.10 Å². The van der Waals surface area contributed by atoms with Crippen LogP contribution in [-0.4, -0.2) is 47.0 Å². The summed E-state index contributed by atoms with van der Waals surface area (Å²) in [6.07, 6.45) is -1.91. The first-order valence-electron chi connectivity index (χ1n) is 7.95. The van der Waals surface area contributed by atoms with Crippen molar-refractivity contribution in [1.29, 1.82) is 0 Å². The first kappa shape index (κ1) is 16.5. The summed E-state index contributed by atoms with van der Waals surface area (Å²) in [6, 6.07) is 15.0. The Balaban J connectivity index is 1.89. The Kier molecular flexibility index (Phi) is 4.55. The number of aliphatic hydroxyl groups excluding tert-OH is 2. The van der Waals surface area contributed by atoms with Crippen LogP contribution in [-0.2, 0) is 4.74 Å². The molecule has 0 saturated carbocycles. The molecule has 0 spiro atoms. The van der Waals surface area contributed by atoms with Gasteiger partial charge in [-0.1, -0.05) is 48.5 Å². The number of ether oxygens (including phenoxy) is 1. The van der Waals surface area contributed by atoms with Crippen molar-refractivity contribution in [1.82, 2.24) is 4.90 Å². The van der Waals surface area contributed by atoms with Crippen LogP contribution in [0.2, 0.25) is 0 Å². The van der Waals surface area contributed by atoms with Crippen LogP contribution in [0.15, 0.2) is 48.5 Å². The second-order valence-corrected chi connectivity index (χ2v) is 6.04. The molecular formula is C19H21NO4. The van der Waals surface area contributed by atoms with Crippen molar-refractivity contribution in [3.05, 3.63) is 59.7 Å².